The van der Waals surface area contributed by atoms with Crippen molar-refractivity contribution < 1.29 is 0 Å². The Labute approximate surface area is 161 Å². The first-order valence-corrected chi connectivity index (χ1v) is 8.68. The molecular weight excluding hydrogens is 350 g/mol. The molecule has 7 heteroatoms. The Morgan fingerprint density at radius 3 is 2.07 bits per heavy atom. The molecule has 0 bridgehead atoms. The number of nitrogens with zero attached hydrogens (tertiary/aromatic N) is 6. The van der Waals surface area contributed by atoms with Gasteiger partial charge >= 0.3 is 0 Å². The lowest BCUT2D eigenvalue weighted by Crippen LogP contribution is -2.13. The molecule has 0 fully saturated rings. The van der Waals surface area contributed by atoms with E-state index in [2.05, 4.69) is 60.7 Å². The van der Waals surface area contributed by atoms with Crippen LogP contribution in [-0.4, -0.2) is 30.4 Å². The van der Waals surface area contributed by atoms with Gasteiger partial charge in [-0.05, 0) is 23.6 Å². The smallest absolute Gasteiger partial charge is 0.237 e. The number of aromatic nitrogens is 6. The minimum Gasteiger partial charge on any atom is -0.278 e. The second-order valence-electron chi connectivity index (χ2n) is 5.76. The summed E-state index contributed by atoms with van der Waals surface area (Å²) in [7, 11) is 0. The van der Waals surface area contributed by atoms with E-state index in [1.165, 1.54) is 18.0 Å². The number of fused-ring (bicyclic) bond motifs is 1. The molecule has 5 rings (SSSR count). The summed E-state index contributed by atoms with van der Waals surface area (Å²) >= 11 is 0. The van der Waals surface area contributed by atoms with Gasteiger partial charge in [-0.2, -0.15) is 15.4 Å². The zero-order chi connectivity index (χ0) is 19.0. The van der Waals surface area contributed by atoms with Gasteiger partial charge in [0.05, 0.1) is 18.1 Å². The van der Waals surface area contributed by atoms with E-state index in [0.717, 1.165) is 16.8 Å². The molecule has 2 heterocycles. The highest BCUT2D eigenvalue weighted by atomic mass is 15.3. The van der Waals surface area contributed by atoms with Crippen molar-refractivity contribution in [3.8, 4) is 0 Å². The Bertz CT molecular complexity index is 1050. The predicted molar refractivity (Wildman–Crippen MR) is 108 cm³/mol. The number of anilines is 3. The van der Waals surface area contributed by atoms with Crippen molar-refractivity contribution >= 4 is 28.1 Å². The van der Waals surface area contributed by atoms with Crippen LogP contribution in [0.15, 0.2) is 97.8 Å². The molecule has 0 atom stereocenters. The molecule has 7 nitrogen and oxygen atoms in total. The first-order chi connectivity index (χ1) is 13.9. The highest BCUT2D eigenvalue weighted by Crippen LogP contribution is 2.36. The van der Waals surface area contributed by atoms with E-state index < -0.39 is 0 Å². The summed E-state index contributed by atoms with van der Waals surface area (Å²) in [4.78, 5) is 14.7. The Kier molecular flexibility index (Phi) is 5.25. The summed E-state index contributed by atoms with van der Waals surface area (Å²) < 4.78 is 0. The van der Waals surface area contributed by atoms with E-state index in [1.54, 1.807) is 12.4 Å². The average Bonchev–Trinajstić information content (AvgIpc) is 3.36. The Balaban J connectivity index is 0.000000336. The van der Waals surface area contributed by atoms with Crippen molar-refractivity contribution in [2.45, 2.75) is 0 Å². The molecule has 0 aliphatic carbocycles. The van der Waals surface area contributed by atoms with Crippen molar-refractivity contribution in [1.29, 1.82) is 0 Å². The fourth-order valence-corrected chi connectivity index (χ4v) is 2.86. The maximum Gasteiger partial charge on any atom is 0.237 e. The standard InChI is InChI=1S/C19H14N4.C2H3N3/c1-2-9-16(10-3-1)23(19-21-13-20-14-22-19)18-12-6-8-15-7-4-5-11-17(15)18;1-2-4-5-3-1/h1-14H;1-2H,(H,3,4,5). The largest absolute Gasteiger partial charge is 0.278 e. The number of rotatable bonds is 3. The Hall–Kier alpha value is -4.13. The van der Waals surface area contributed by atoms with Gasteiger partial charge in [0, 0.05) is 11.1 Å². The summed E-state index contributed by atoms with van der Waals surface area (Å²) in [5.41, 5.74) is 2.05. The zero-order valence-electron chi connectivity index (χ0n) is 14.9. The quantitative estimate of drug-likeness (QED) is 0.512. The van der Waals surface area contributed by atoms with E-state index in [4.69, 9.17) is 0 Å². The van der Waals surface area contributed by atoms with Crippen LogP contribution in [0.2, 0.25) is 0 Å². The third kappa shape index (κ3) is 3.83. The third-order valence-corrected chi connectivity index (χ3v) is 4.03. The van der Waals surface area contributed by atoms with Gasteiger partial charge in [0.1, 0.15) is 12.7 Å². The summed E-state index contributed by atoms with van der Waals surface area (Å²) in [6.45, 7) is 0. The SMILES string of the molecule is c1ccc(N(c2ncncn2)c2cccc3ccccc23)cc1.c1cn[nH]n1. The first kappa shape index (κ1) is 17.3. The van der Waals surface area contributed by atoms with Gasteiger partial charge in [-0.3, -0.25) is 4.90 Å². The molecular formula is C21H17N7. The molecule has 5 aromatic rings. The number of benzene rings is 3. The van der Waals surface area contributed by atoms with Crippen LogP contribution >= 0.6 is 0 Å². The van der Waals surface area contributed by atoms with Gasteiger partial charge in [0.25, 0.3) is 0 Å². The zero-order valence-corrected chi connectivity index (χ0v) is 14.9. The van der Waals surface area contributed by atoms with Gasteiger partial charge in [-0.15, -0.1) is 0 Å². The van der Waals surface area contributed by atoms with Crippen LogP contribution in [0.3, 0.4) is 0 Å². The van der Waals surface area contributed by atoms with Crippen molar-refractivity contribution in [2.75, 3.05) is 4.90 Å². The second-order valence-corrected chi connectivity index (χ2v) is 5.76. The number of nitrogens with one attached hydrogen (secondary N) is 1. The van der Waals surface area contributed by atoms with E-state index in [1.807, 2.05) is 47.4 Å². The number of H-pyrrole nitrogens is 1. The molecule has 28 heavy (non-hydrogen) atoms. The normalized spacial score (nSPS) is 10.1. The van der Waals surface area contributed by atoms with E-state index in [-0.39, 0.29) is 0 Å². The molecule has 0 saturated heterocycles. The molecule has 0 aliphatic rings. The number of hydrogen-bond acceptors (Lipinski definition) is 6. The Morgan fingerprint density at radius 2 is 1.36 bits per heavy atom. The number of aromatic amines is 1. The molecule has 0 aliphatic heterocycles. The predicted octanol–water partition coefficient (Wildman–Crippen LogP) is 4.30. The van der Waals surface area contributed by atoms with E-state index in [9.17, 15) is 0 Å². The summed E-state index contributed by atoms with van der Waals surface area (Å²) in [6.07, 6.45) is 6.20. The molecule has 0 saturated carbocycles. The number of hydrogen-bond donors (Lipinski definition) is 1. The van der Waals surface area contributed by atoms with E-state index in [0.29, 0.717) is 5.95 Å². The van der Waals surface area contributed by atoms with Crippen LogP contribution in [-0.2, 0) is 0 Å². The lowest BCUT2D eigenvalue weighted by Gasteiger charge is -2.24. The highest BCUT2D eigenvalue weighted by Gasteiger charge is 2.16. The maximum absolute atomic E-state index is 4.34. The fourth-order valence-electron chi connectivity index (χ4n) is 2.86. The minimum absolute atomic E-state index is 0.600. The average molecular weight is 367 g/mol. The lowest BCUT2D eigenvalue weighted by atomic mass is 10.1. The number of para-hydroxylation sites is 1. The van der Waals surface area contributed by atoms with Gasteiger partial charge in [-0.1, -0.05) is 54.6 Å². The van der Waals surface area contributed by atoms with Crippen molar-refractivity contribution in [1.82, 2.24) is 30.4 Å². The van der Waals surface area contributed by atoms with E-state index >= 15 is 0 Å². The Morgan fingerprint density at radius 1 is 0.679 bits per heavy atom. The molecule has 136 valence electrons. The first-order valence-electron chi connectivity index (χ1n) is 8.68. The minimum atomic E-state index is 0.600. The molecule has 2 aromatic heterocycles. The molecule has 3 aromatic carbocycles. The fraction of sp³-hybridized carbons (Fsp3) is 0. The van der Waals surface area contributed by atoms with Crippen molar-refractivity contribution in [2.24, 2.45) is 0 Å². The van der Waals surface area contributed by atoms with Crippen LogP contribution in [0.25, 0.3) is 10.8 Å². The monoisotopic (exact) mass is 367 g/mol. The molecule has 0 amide bonds. The van der Waals surface area contributed by atoms with Crippen molar-refractivity contribution in [3.63, 3.8) is 0 Å². The second kappa shape index (κ2) is 8.50. The van der Waals surface area contributed by atoms with Crippen LogP contribution in [0.4, 0.5) is 17.3 Å². The van der Waals surface area contributed by atoms with Gasteiger partial charge in [0.15, 0.2) is 0 Å². The van der Waals surface area contributed by atoms with Crippen LogP contribution in [0.1, 0.15) is 0 Å². The van der Waals surface area contributed by atoms with Crippen molar-refractivity contribution in [3.05, 3.63) is 97.8 Å². The topological polar surface area (TPSA) is 83.5 Å². The van der Waals surface area contributed by atoms with Crippen LogP contribution in [0.5, 0.6) is 0 Å². The van der Waals surface area contributed by atoms with Gasteiger partial charge in [-0.25, -0.2) is 15.0 Å². The highest BCUT2D eigenvalue weighted by molar-refractivity contribution is 5.98. The summed E-state index contributed by atoms with van der Waals surface area (Å²) in [5.74, 6) is 0.600. The molecule has 0 spiro atoms. The van der Waals surface area contributed by atoms with Crippen LogP contribution in [0, 0.1) is 0 Å². The summed E-state index contributed by atoms with van der Waals surface area (Å²) in [6, 6.07) is 24.7. The maximum atomic E-state index is 4.34. The lowest BCUT2D eigenvalue weighted by molar-refractivity contribution is 0.940. The van der Waals surface area contributed by atoms with Gasteiger partial charge < -0.3 is 0 Å². The molecule has 0 unspecified atom stereocenters. The molecule has 1 N–H and O–H groups in total. The van der Waals surface area contributed by atoms with Crippen LogP contribution < -0.4 is 4.90 Å². The molecule has 0 radical (unpaired) electrons. The third-order valence-electron chi connectivity index (χ3n) is 4.03. The summed E-state index contributed by atoms with van der Waals surface area (Å²) in [5, 5.41) is 11.7. The van der Waals surface area contributed by atoms with Gasteiger partial charge in [0.2, 0.25) is 5.95 Å².